The lowest BCUT2D eigenvalue weighted by atomic mass is 10.0. The lowest BCUT2D eigenvalue weighted by Crippen LogP contribution is -2.40. The molecule has 1 aliphatic rings. The number of morpholine rings is 1. The molecule has 0 radical (unpaired) electrons. The predicted molar refractivity (Wildman–Crippen MR) is 85.4 cm³/mol. The van der Waals surface area contributed by atoms with Gasteiger partial charge in [0.2, 0.25) is 0 Å². The molecule has 3 rings (SSSR count). The molecule has 0 saturated carbocycles. The van der Waals surface area contributed by atoms with E-state index in [2.05, 4.69) is 15.5 Å². The Kier molecular flexibility index (Phi) is 5.84. The molecule has 0 spiro atoms. The van der Waals surface area contributed by atoms with Gasteiger partial charge < -0.3 is 9.47 Å². The first-order valence-electron chi connectivity index (χ1n) is 8.24. The van der Waals surface area contributed by atoms with Crippen molar-refractivity contribution >= 4 is 0 Å². The number of benzene rings is 1. The second kappa shape index (κ2) is 8.11. The van der Waals surface area contributed by atoms with Crippen LogP contribution >= 0.6 is 0 Å². The fraction of sp³-hybridized carbons (Fsp3) is 0.562. The highest BCUT2D eigenvalue weighted by atomic mass is 19.4. The maximum Gasteiger partial charge on any atom is 0.416 e. The number of hydrogen-bond acceptors (Lipinski definition) is 6. The summed E-state index contributed by atoms with van der Waals surface area (Å²) in [5.41, 5.74) is -0.195. The van der Waals surface area contributed by atoms with Gasteiger partial charge in [-0.3, -0.25) is 4.90 Å². The van der Waals surface area contributed by atoms with Crippen molar-refractivity contribution in [3.8, 4) is 0 Å². The largest absolute Gasteiger partial charge is 0.416 e. The highest BCUT2D eigenvalue weighted by Gasteiger charge is 2.34. The molecule has 1 fully saturated rings. The zero-order valence-electron chi connectivity index (χ0n) is 14.3. The second-order valence-electron chi connectivity index (χ2n) is 5.93. The second-order valence-corrected chi connectivity index (χ2v) is 5.93. The lowest BCUT2D eigenvalue weighted by molar-refractivity contribution is -0.137. The van der Waals surface area contributed by atoms with Crippen LogP contribution in [-0.2, 0) is 22.2 Å². The van der Waals surface area contributed by atoms with E-state index in [0.717, 1.165) is 12.1 Å². The van der Waals surface area contributed by atoms with Gasteiger partial charge in [-0.25, -0.2) is 4.68 Å². The molecule has 0 aliphatic carbocycles. The van der Waals surface area contributed by atoms with Gasteiger partial charge in [0.25, 0.3) is 0 Å². The number of alkyl halides is 3. The SMILES string of the molecule is COCCn1nnnc1[C@@H](c1cccc(C(F)(F)F)c1)N1CCOCC1. The summed E-state index contributed by atoms with van der Waals surface area (Å²) < 4.78 is 51.5. The van der Waals surface area contributed by atoms with E-state index in [1.165, 1.54) is 6.07 Å². The highest BCUT2D eigenvalue weighted by molar-refractivity contribution is 5.31. The van der Waals surface area contributed by atoms with Crippen LogP contribution in [0, 0.1) is 0 Å². The van der Waals surface area contributed by atoms with E-state index in [4.69, 9.17) is 9.47 Å². The molecule has 1 aromatic carbocycles. The molecule has 1 atom stereocenters. The van der Waals surface area contributed by atoms with Gasteiger partial charge in [-0.05, 0) is 28.1 Å². The zero-order valence-corrected chi connectivity index (χ0v) is 14.3. The molecule has 0 unspecified atom stereocenters. The maximum absolute atomic E-state index is 13.2. The third-order valence-corrected chi connectivity index (χ3v) is 4.25. The van der Waals surface area contributed by atoms with Crippen molar-refractivity contribution in [3.05, 3.63) is 41.2 Å². The molecule has 2 aromatic rings. The third kappa shape index (κ3) is 4.19. The van der Waals surface area contributed by atoms with Gasteiger partial charge >= 0.3 is 6.18 Å². The van der Waals surface area contributed by atoms with Gasteiger partial charge in [0.15, 0.2) is 5.82 Å². The first-order valence-corrected chi connectivity index (χ1v) is 8.24. The molecule has 1 saturated heterocycles. The van der Waals surface area contributed by atoms with Gasteiger partial charge in [-0.1, -0.05) is 12.1 Å². The van der Waals surface area contributed by atoms with Crippen molar-refractivity contribution in [2.24, 2.45) is 0 Å². The first-order chi connectivity index (χ1) is 12.5. The molecule has 2 heterocycles. The molecule has 0 amide bonds. The summed E-state index contributed by atoms with van der Waals surface area (Å²) in [7, 11) is 1.57. The number of tetrazole rings is 1. The first kappa shape index (κ1) is 18.7. The van der Waals surface area contributed by atoms with Crippen molar-refractivity contribution < 1.29 is 22.6 Å². The molecule has 7 nitrogen and oxygen atoms in total. The van der Waals surface area contributed by atoms with Crippen LogP contribution in [0.25, 0.3) is 0 Å². The molecule has 0 bridgehead atoms. The molecular weight excluding hydrogens is 351 g/mol. The number of aromatic nitrogens is 4. The molecule has 26 heavy (non-hydrogen) atoms. The Labute approximate surface area is 148 Å². The fourth-order valence-corrected chi connectivity index (χ4v) is 2.99. The molecular formula is C16H20F3N5O2. The Morgan fingerprint density at radius 3 is 2.73 bits per heavy atom. The Morgan fingerprint density at radius 2 is 2.04 bits per heavy atom. The minimum absolute atomic E-state index is 0.399. The van der Waals surface area contributed by atoms with Gasteiger partial charge in [-0.2, -0.15) is 13.2 Å². The number of rotatable bonds is 6. The topological polar surface area (TPSA) is 65.3 Å². The predicted octanol–water partition coefficient (Wildman–Crippen LogP) is 1.76. The Hall–Kier alpha value is -2.04. The summed E-state index contributed by atoms with van der Waals surface area (Å²) in [4.78, 5) is 2.04. The van der Waals surface area contributed by atoms with Crippen LogP contribution in [0.15, 0.2) is 24.3 Å². The normalized spacial score (nSPS) is 17.4. The van der Waals surface area contributed by atoms with Crippen LogP contribution in [0.2, 0.25) is 0 Å². The van der Waals surface area contributed by atoms with Gasteiger partial charge in [0.05, 0.1) is 38.0 Å². The monoisotopic (exact) mass is 371 g/mol. The van der Waals surface area contributed by atoms with E-state index < -0.39 is 17.8 Å². The number of ether oxygens (including phenoxy) is 2. The van der Waals surface area contributed by atoms with E-state index in [1.54, 1.807) is 17.9 Å². The van der Waals surface area contributed by atoms with Crippen molar-refractivity contribution in [3.63, 3.8) is 0 Å². The van der Waals surface area contributed by atoms with E-state index in [0.29, 0.717) is 50.8 Å². The quantitative estimate of drug-likeness (QED) is 0.771. The summed E-state index contributed by atoms with van der Waals surface area (Å²) in [6.45, 7) is 3.00. The smallest absolute Gasteiger partial charge is 0.383 e. The van der Waals surface area contributed by atoms with Crippen molar-refractivity contribution in [2.75, 3.05) is 40.0 Å². The van der Waals surface area contributed by atoms with E-state index >= 15 is 0 Å². The number of halogens is 3. The van der Waals surface area contributed by atoms with Gasteiger partial charge in [0.1, 0.15) is 0 Å². The van der Waals surface area contributed by atoms with Crippen LogP contribution in [0.5, 0.6) is 0 Å². The summed E-state index contributed by atoms with van der Waals surface area (Å²) in [5, 5.41) is 11.8. The van der Waals surface area contributed by atoms with Gasteiger partial charge in [0, 0.05) is 20.2 Å². The highest BCUT2D eigenvalue weighted by Crippen LogP contribution is 2.34. The number of methoxy groups -OCH3 is 1. The van der Waals surface area contributed by atoms with E-state index in [1.807, 2.05) is 4.90 Å². The standard InChI is InChI=1S/C16H20F3N5O2/c1-25-8-7-24-15(20-21-22-24)14(23-5-9-26-10-6-23)12-3-2-4-13(11-12)16(17,18)19/h2-4,11,14H,5-10H2,1H3/t14-/m1/s1. The summed E-state index contributed by atoms with van der Waals surface area (Å²) in [6, 6.07) is 4.82. The molecule has 0 N–H and O–H groups in total. The van der Waals surface area contributed by atoms with Crippen molar-refractivity contribution in [2.45, 2.75) is 18.8 Å². The summed E-state index contributed by atoms with van der Waals surface area (Å²) >= 11 is 0. The molecule has 10 heteroatoms. The molecule has 1 aromatic heterocycles. The minimum atomic E-state index is -4.41. The summed E-state index contributed by atoms with van der Waals surface area (Å²) in [6.07, 6.45) is -4.41. The average Bonchev–Trinajstić information content (AvgIpc) is 3.09. The lowest BCUT2D eigenvalue weighted by Gasteiger charge is -2.34. The number of nitrogens with zero attached hydrogens (tertiary/aromatic N) is 5. The van der Waals surface area contributed by atoms with Crippen molar-refractivity contribution in [1.82, 2.24) is 25.1 Å². The van der Waals surface area contributed by atoms with Crippen LogP contribution in [0.3, 0.4) is 0 Å². The molecule has 1 aliphatic heterocycles. The van der Waals surface area contributed by atoms with Crippen LogP contribution < -0.4 is 0 Å². The van der Waals surface area contributed by atoms with Crippen molar-refractivity contribution in [1.29, 1.82) is 0 Å². The van der Waals surface area contributed by atoms with E-state index in [-0.39, 0.29) is 0 Å². The van der Waals surface area contributed by atoms with Gasteiger partial charge in [-0.15, -0.1) is 5.10 Å². The molecule has 142 valence electrons. The van der Waals surface area contributed by atoms with Crippen LogP contribution in [-0.4, -0.2) is 65.1 Å². The average molecular weight is 371 g/mol. The Bertz CT molecular complexity index is 716. The Morgan fingerprint density at radius 1 is 1.27 bits per heavy atom. The number of hydrogen-bond donors (Lipinski definition) is 0. The fourth-order valence-electron chi connectivity index (χ4n) is 2.99. The van der Waals surface area contributed by atoms with Crippen LogP contribution in [0.4, 0.5) is 13.2 Å². The minimum Gasteiger partial charge on any atom is -0.383 e. The third-order valence-electron chi connectivity index (χ3n) is 4.25. The summed E-state index contributed by atoms with van der Waals surface area (Å²) in [5.74, 6) is 0.489. The zero-order chi connectivity index (χ0) is 18.6. The Balaban J connectivity index is 2.00. The van der Waals surface area contributed by atoms with E-state index in [9.17, 15) is 13.2 Å². The van der Waals surface area contributed by atoms with Crippen LogP contribution in [0.1, 0.15) is 23.0 Å². The maximum atomic E-state index is 13.2.